The Morgan fingerprint density at radius 1 is 1.03 bits per heavy atom. The van der Waals surface area contributed by atoms with E-state index in [-0.39, 0.29) is 18.0 Å². The first-order chi connectivity index (χ1) is 15.6. The van der Waals surface area contributed by atoms with Crippen LogP contribution in [0.5, 0.6) is 0 Å². The predicted molar refractivity (Wildman–Crippen MR) is 123 cm³/mol. The van der Waals surface area contributed by atoms with Gasteiger partial charge in [0.2, 0.25) is 5.91 Å². The lowest BCUT2D eigenvalue weighted by molar-refractivity contribution is -0.129. The minimum atomic E-state index is -0.556. The Labute approximate surface area is 188 Å². The van der Waals surface area contributed by atoms with E-state index in [1.54, 1.807) is 13.0 Å². The van der Waals surface area contributed by atoms with E-state index in [0.29, 0.717) is 25.1 Å². The summed E-state index contributed by atoms with van der Waals surface area (Å²) in [7, 11) is 2.05. The number of carbonyl (C=O) groups is 2. The van der Waals surface area contributed by atoms with Gasteiger partial charge in [-0.25, -0.2) is 4.79 Å². The molecule has 0 bridgehead atoms. The van der Waals surface area contributed by atoms with E-state index in [2.05, 4.69) is 36.2 Å². The number of anilines is 1. The number of amides is 1. The van der Waals surface area contributed by atoms with Gasteiger partial charge in [0.05, 0.1) is 17.6 Å². The lowest BCUT2D eigenvalue weighted by atomic mass is 9.73. The molecule has 0 radical (unpaired) electrons. The molecule has 2 atom stereocenters. The average molecular weight is 427 g/mol. The summed E-state index contributed by atoms with van der Waals surface area (Å²) < 4.78 is 5.24. The average Bonchev–Trinajstić information content (AvgIpc) is 3.25. The maximum atomic E-state index is 13.5. The van der Waals surface area contributed by atoms with Crippen LogP contribution in [0.2, 0.25) is 0 Å². The fourth-order valence-electron chi connectivity index (χ4n) is 5.40. The lowest BCUT2D eigenvalue weighted by Crippen LogP contribution is -2.49. The van der Waals surface area contributed by atoms with Crippen molar-refractivity contribution in [2.24, 2.45) is 0 Å². The van der Waals surface area contributed by atoms with Gasteiger partial charge in [0.1, 0.15) is 6.17 Å². The molecule has 2 aliphatic heterocycles. The molecule has 0 aromatic heterocycles. The van der Waals surface area contributed by atoms with E-state index >= 15 is 0 Å². The highest BCUT2D eigenvalue weighted by Crippen LogP contribution is 2.55. The third kappa shape index (κ3) is 3.00. The molecule has 1 amide bonds. The Kier molecular flexibility index (Phi) is 4.97. The van der Waals surface area contributed by atoms with Crippen LogP contribution in [0.3, 0.4) is 0 Å². The zero-order chi connectivity index (χ0) is 22.3. The molecule has 5 heteroatoms. The third-order valence-corrected chi connectivity index (χ3v) is 6.70. The maximum Gasteiger partial charge on any atom is 0.338 e. The zero-order valence-corrected chi connectivity index (χ0v) is 18.3. The van der Waals surface area contributed by atoms with Gasteiger partial charge in [-0.1, -0.05) is 60.7 Å². The van der Waals surface area contributed by atoms with Crippen LogP contribution in [0.25, 0.3) is 0 Å². The van der Waals surface area contributed by atoms with Crippen molar-refractivity contribution in [2.75, 3.05) is 18.6 Å². The highest BCUT2D eigenvalue weighted by molar-refractivity contribution is 5.91. The zero-order valence-electron chi connectivity index (χ0n) is 18.3. The van der Waals surface area contributed by atoms with Crippen LogP contribution >= 0.6 is 0 Å². The van der Waals surface area contributed by atoms with Gasteiger partial charge in [-0.3, -0.25) is 4.79 Å². The first kappa shape index (κ1) is 20.3. The molecule has 3 aromatic rings. The fraction of sp³-hybridized carbons (Fsp3) is 0.259. The summed E-state index contributed by atoms with van der Waals surface area (Å²) in [5.74, 6) is -0.228. The molecule has 5 rings (SSSR count). The summed E-state index contributed by atoms with van der Waals surface area (Å²) in [5.41, 5.74) is 4.26. The second-order valence-electron chi connectivity index (χ2n) is 8.46. The molecule has 0 unspecified atom stereocenters. The van der Waals surface area contributed by atoms with E-state index < -0.39 is 5.41 Å². The number of likely N-dealkylation sites (N-methyl/N-ethyl adjacent to an activating group) is 1. The number of likely N-dealkylation sites (tertiary alicyclic amines) is 1. The number of fused-ring (bicyclic) bond motifs is 3. The van der Waals surface area contributed by atoms with E-state index in [0.717, 1.165) is 22.4 Å². The van der Waals surface area contributed by atoms with Crippen molar-refractivity contribution in [2.45, 2.75) is 31.5 Å². The standard InChI is InChI=1S/C27H26N2O3/c1-3-32-25(31)20-12-9-13-21(16-20)27-17-24(30)29(18-19-10-5-4-6-11-19)26(27)28(2)23-15-8-7-14-22(23)27/h4-16,26H,3,17-18H2,1-2H3/t26-,27+/m1/s1. The van der Waals surface area contributed by atoms with Crippen molar-refractivity contribution in [3.8, 4) is 0 Å². The molecule has 0 saturated carbocycles. The smallest absolute Gasteiger partial charge is 0.338 e. The number of rotatable bonds is 5. The summed E-state index contributed by atoms with van der Waals surface area (Å²) in [6.07, 6.45) is 0.183. The fourth-order valence-corrected chi connectivity index (χ4v) is 5.40. The van der Waals surface area contributed by atoms with Crippen molar-refractivity contribution in [3.63, 3.8) is 0 Å². The summed E-state index contributed by atoms with van der Waals surface area (Å²) in [4.78, 5) is 30.1. The highest BCUT2D eigenvalue weighted by atomic mass is 16.5. The molecule has 1 fully saturated rings. The van der Waals surface area contributed by atoms with Crippen molar-refractivity contribution >= 4 is 17.6 Å². The van der Waals surface area contributed by atoms with Crippen molar-refractivity contribution in [1.82, 2.24) is 4.90 Å². The molecule has 32 heavy (non-hydrogen) atoms. The number of nitrogens with zero attached hydrogens (tertiary/aromatic N) is 2. The van der Waals surface area contributed by atoms with Gasteiger partial charge in [-0.2, -0.15) is 0 Å². The topological polar surface area (TPSA) is 49.9 Å². The molecule has 2 aliphatic rings. The van der Waals surface area contributed by atoms with Crippen LogP contribution in [-0.2, 0) is 21.5 Å². The van der Waals surface area contributed by atoms with Gasteiger partial charge < -0.3 is 14.5 Å². The Hall–Kier alpha value is -3.60. The van der Waals surface area contributed by atoms with Crippen LogP contribution < -0.4 is 4.90 Å². The van der Waals surface area contributed by atoms with Crippen LogP contribution in [0, 0.1) is 0 Å². The quantitative estimate of drug-likeness (QED) is 0.569. The van der Waals surface area contributed by atoms with Crippen LogP contribution in [-0.4, -0.2) is 36.6 Å². The number of carbonyl (C=O) groups excluding carboxylic acids is 2. The van der Waals surface area contributed by atoms with Crippen LogP contribution in [0.1, 0.15) is 40.4 Å². The molecule has 0 N–H and O–H groups in total. The number of benzene rings is 3. The molecule has 2 heterocycles. The highest BCUT2D eigenvalue weighted by Gasteiger charge is 2.60. The molecule has 0 spiro atoms. The van der Waals surface area contributed by atoms with Crippen molar-refractivity contribution < 1.29 is 14.3 Å². The maximum absolute atomic E-state index is 13.5. The van der Waals surface area contributed by atoms with Gasteiger partial charge in [-0.05, 0) is 41.8 Å². The number of para-hydroxylation sites is 1. The molecule has 3 aromatic carbocycles. The van der Waals surface area contributed by atoms with E-state index in [1.807, 2.05) is 53.4 Å². The normalized spacial score (nSPS) is 21.4. The summed E-state index contributed by atoms with van der Waals surface area (Å²) in [5, 5.41) is 0. The van der Waals surface area contributed by atoms with Gasteiger partial charge in [0, 0.05) is 25.7 Å². The Morgan fingerprint density at radius 2 is 1.78 bits per heavy atom. The van der Waals surface area contributed by atoms with Crippen LogP contribution in [0.15, 0.2) is 78.9 Å². The molecule has 1 saturated heterocycles. The van der Waals surface area contributed by atoms with Crippen LogP contribution in [0.4, 0.5) is 5.69 Å². The molecular weight excluding hydrogens is 400 g/mol. The van der Waals surface area contributed by atoms with Gasteiger partial charge in [0.25, 0.3) is 0 Å². The van der Waals surface area contributed by atoms with Gasteiger partial charge >= 0.3 is 5.97 Å². The molecule has 5 nitrogen and oxygen atoms in total. The van der Waals surface area contributed by atoms with Gasteiger partial charge in [0.15, 0.2) is 0 Å². The predicted octanol–water partition coefficient (Wildman–Crippen LogP) is 4.36. The van der Waals surface area contributed by atoms with Crippen molar-refractivity contribution in [1.29, 1.82) is 0 Å². The van der Waals surface area contributed by atoms with E-state index in [1.165, 1.54) is 0 Å². The third-order valence-electron chi connectivity index (χ3n) is 6.70. The Morgan fingerprint density at radius 3 is 2.56 bits per heavy atom. The van der Waals surface area contributed by atoms with Crippen molar-refractivity contribution in [3.05, 3.63) is 101 Å². The van der Waals surface area contributed by atoms with E-state index in [4.69, 9.17) is 4.74 Å². The first-order valence-electron chi connectivity index (χ1n) is 11.0. The lowest BCUT2D eigenvalue weighted by Gasteiger charge is -2.37. The SMILES string of the molecule is CCOC(=O)c1cccc([C@]23CC(=O)N(Cc4ccccc4)[C@H]2N(C)c2ccccc23)c1. The minimum absolute atomic E-state index is 0.113. The first-order valence-corrected chi connectivity index (χ1v) is 11.0. The number of ether oxygens (including phenoxy) is 1. The molecular formula is C27H26N2O3. The largest absolute Gasteiger partial charge is 0.462 e. The molecule has 162 valence electrons. The number of hydrogen-bond donors (Lipinski definition) is 0. The summed E-state index contributed by atoms with van der Waals surface area (Å²) in [6.45, 7) is 2.67. The second kappa shape index (κ2) is 7.83. The second-order valence-corrected chi connectivity index (χ2v) is 8.46. The Bertz CT molecular complexity index is 1180. The monoisotopic (exact) mass is 426 g/mol. The minimum Gasteiger partial charge on any atom is -0.462 e. The Balaban J connectivity index is 1.65. The molecule has 0 aliphatic carbocycles. The number of esters is 1. The number of hydrogen-bond acceptors (Lipinski definition) is 4. The van der Waals surface area contributed by atoms with Gasteiger partial charge in [-0.15, -0.1) is 0 Å². The summed E-state index contributed by atoms with van der Waals surface area (Å²) in [6, 6.07) is 26.0. The van der Waals surface area contributed by atoms with E-state index in [9.17, 15) is 9.59 Å². The summed E-state index contributed by atoms with van der Waals surface area (Å²) >= 11 is 0.